The Balaban J connectivity index is 1.30. The average Bonchev–Trinajstić information content (AvgIpc) is 3.58. The van der Waals surface area contributed by atoms with E-state index in [1.54, 1.807) is 23.3 Å². The number of ether oxygens (including phenoxy) is 9. The first-order chi connectivity index (χ1) is 24.6. The maximum atomic E-state index is 12.0. The van der Waals surface area contributed by atoms with Gasteiger partial charge in [-0.1, -0.05) is 30.9 Å². The second kappa shape index (κ2) is 30.7. The number of nitrogens with zero attached hydrogens (tertiary/aromatic N) is 5. The molecule has 2 aromatic heterocycles. The van der Waals surface area contributed by atoms with Gasteiger partial charge in [0.1, 0.15) is 24.7 Å². The summed E-state index contributed by atoms with van der Waals surface area (Å²) < 4.78 is 50.3. The van der Waals surface area contributed by atoms with Crippen LogP contribution >= 0.6 is 0 Å². The van der Waals surface area contributed by atoms with Crippen molar-refractivity contribution in [1.82, 2.24) is 30.3 Å². The third-order valence-corrected chi connectivity index (χ3v) is 6.19. The standard InChI is InChI=1S/C33H54N6O11/c1-29(2)33-35-24-30(25-36-33)4-3-7-50-28-32(41)34-26-31-27-39(38-37-31)5-8-42-10-12-44-14-16-46-18-20-48-22-23-49-21-19-47-17-15-45-13-11-43-9-6-40/h24-25,27,29,40H,5-23,26,28H2,1-2H3,(H,34,41). The van der Waals surface area contributed by atoms with Crippen molar-refractivity contribution in [1.29, 1.82) is 0 Å². The summed E-state index contributed by atoms with van der Waals surface area (Å²) >= 11 is 0. The zero-order chi connectivity index (χ0) is 35.7. The molecule has 0 saturated heterocycles. The van der Waals surface area contributed by atoms with Gasteiger partial charge in [0.25, 0.3) is 0 Å². The number of aromatic nitrogens is 5. The van der Waals surface area contributed by atoms with Crippen LogP contribution in [0.3, 0.4) is 0 Å². The Morgan fingerprint density at radius 1 is 0.740 bits per heavy atom. The van der Waals surface area contributed by atoms with Crippen LogP contribution in [0.1, 0.15) is 36.8 Å². The number of aliphatic hydroxyl groups excluding tert-OH is 1. The first-order valence-corrected chi connectivity index (χ1v) is 16.9. The number of nitrogens with one attached hydrogen (secondary N) is 1. The molecule has 0 fully saturated rings. The van der Waals surface area contributed by atoms with E-state index in [0.29, 0.717) is 124 Å². The van der Waals surface area contributed by atoms with Crippen molar-refractivity contribution in [2.24, 2.45) is 0 Å². The van der Waals surface area contributed by atoms with Gasteiger partial charge < -0.3 is 53.1 Å². The van der Waals surface area contributed by atoms with Crippen LogP contribution in [0.5, 0.6) is 0 Å². The molecule has 0 saturated carbocycles. The predicted octanol–water partition coefficient (Wildman–Crippen LogP) is 0.00110. The highest BCUT2D eigenvalue weighted by Crippen LogP contribution is 2.07. The molecule has 2 heterocycles. The molecular formula is C33H54N6O11. The topological polar surface area (TPSA) is 189 Å². The van der Waals surface area contributed by atoms with Crippen molar-refractivity contribution in [2.45, 2.75) is 32.9 Å². The summed E-state index contributed by atoms with van der Waals surface area (Å²) in [4.78, 5) is 20.6. The first kappa shape index (κ1) is 43.0. The van der Waals surface area contributed by atoms with Gasteiger partial charge in [0.2, 0.25) is 5.91 Å². The summed E-state index contributed by atoms with van der Waals surface area (Å²) in [5, 5.41) is 19.4. The highest BCUT2D eigenvalue weighted by molar-refractivity contribution is 5.77. The molecule has 0 unspecified atom stereocenters. The number of carbonyl (C=O) groups excluding carboxylic acids is 1. The molecule has 0 aliphatic heterocycles. The SMILES string of the molecule is CC(C)c1ncc(C#CCOCC(=O)NCc2cn(CCOCCOCCOCCOCCOCCOCCOCCOCCO)nn2)cn1. The quantitative estimate of drug-likeness (QED) is 0.0762. The van der Waals surface area contributed by atoms with Gasteiger partial charge in [0.15, 0.2) is 0 Å². The molecule has 0 aliphatic rings. The molecule has 50 heavy (non-hydrogen) atoms. The summed E-state index contributed by atoms with van der Waals surface area (Å²) in [6.07, 6.45) is 5.11. The summed E-state index contributed by atoms with van der Waals surface area (Å²) in [5.74, 6) is 6.52. The smallest absolute Gasteiger partial charge is 0.246 e. The molecule has 2 N–H and O–H groups in total. The van der Waals surface area contributed by atoms with Crippen LogP contribution in [0.25, 0.3) is 0 Å². The highest BCUT2D eigenvalue weighted by atomic mass is 16.6. The van der Waals surface area contributed by atoms with Gasteiger partial charge in [0, 0.05) is 18.3 Å². The minimum absolute atomic E-state index is 0.0177. The number of hydrogen-bond acceptors (Lipinski definition) is 15. The van der Waals surface area contributed by atoms with E-state index in [4.69, 9.17) is 47.7 Å². The molecule has 0 atom stereocenters. The Morgan fingerprint density at radius 3 is 1.70 bits per heavy atom. The number of amides is 1. The van der Waals surface area contributed by atoms with E-state index in [-0.39, 0.29) is 38.2 Å². The van der Waals surface area contributed by atoms with Crippen molar-refractivity contribution in [3.63, 3.8) is 0 Å². The lowest BCUT2D eigenvalue weighted by Crippen LogP contribution is -2.27. The Morgan fingerprint density at radius 2 is 1.22 bits per heavy atom. The summed E-state index contributed by atoms with van der Waals surface area (Å²) in [7, 11) is 0. The zero-order valence-electron chi connectivity index (χ0n) is 29.4. The third kappa shape index (κ3) is 24.1. The summed E-state index contributed by atoms with van der Waals surface area (Å²) in [6, 6.07) is 0. The van der Waals surface area contributed by atoms with Gasteiger partial charge in [0.05, 0.1) is 137 Å². The molecule has 0 bridgehead atoms. The van der Waals surface area contributed by atoms with Gasteiger partial charge in [-0.25, -0.2) is 14.6 Å². The second-order valence-electron chi connectivity index (χ2n) is 10.7. The van der Waals surface area contributed by atoms with E-state index in [0.717, 1.165) is 5.82 Å². The molecule has 0 aliphatic carbocycles. The molecular weight excluding hydrogens is 656 g/mol. The van der Waals surface area contributed by atoms with Gasteiger partial charge in [-0.15, -0.1) is 5.10 Å². The van der Waals surface area contributed by atoms with Gasteiger partial charge in [-0.2, -0.15) is 0 Å². The molecule has 17 nitrogen and oxygen atoms in total. The number of rotatable bonds is 32. The molecule has 1 amide bonds. The van der Waals surface area contributed by atoms with Gasteiger partial charge in [-0.3, -0.25) is 4.79 Å². The Kier molecular flexibility index (Phi) is 26.4. The van der Waals surface area contributed by atoms with Crippen LogP contribution in [0.15, 0.2) is 18.6 Å². The molecule has 17 heteroatoms. The lowest BCUT2D eigenvalue weighted by Gasteiger charge is -2.08. The average molecular weight is 711 g/mol. The molecule has 282 valence electrons. The molecule has 0 aromatic carbocycles. The Labute approximate surface area is 294 Å². The van der Waals surface area contributed by atoms with Crippen LogP contribution in [0, 0.1) is 11.8 Å². The fraction of sp³-hybridized carbons (Fsp3) is 0.727. The third-order valence-electron chi connectivity index (χ3n) is 6.19. The van der Waals surface area contributed by atoms with Gasteiger partial charge >= 0.3 is 0 Å². The minimum Gasteiger partial charge on any atom is -0.394 e. The lowest BCUT2D eigenvalue weighted by molar-refractivity contribution is -0.125. The maximum Gasteiger partial charge on any atom is 0.246 e. The highest BCUT2D eigenvalue weighted by Gasteiger charge is 2.05. The van der Waals surface area contributed by atoms with Crippen molar-refractivity contribution in [3.05, 3.63) is 35.7 Å². The Bertz CT molecular complexity index is 1160. The minimum atomic E-state index is -0.273. The molecule has 2 rings (SSSR count). The van der Waals surface area contributed by atoms with Crippen LogP contribution in [0.2, 0.25) is 0 Å². The van der Waals surface area contributed by atoms with E-state index in [2.05, 4.69) is 37.4 Å². The number of aliphatic hydroxyl groups is 1. The van der Waals surface area contributed by atoms with Gasteiger partial charge in [-0.05, 0) is 0 Å². The Hall–Kier alpha value is -3.15. The monoisotopic (exact) mass is 710 g/mol. The van der Waals surface area contributed by atoms with Crippen molar-refractivity contribution in [2.75, 3.05) is 126 Å². The van der Waals surface area contributed by atoms with Crippen LogP contribution in [-0.2, 0) is 60.5 Å². The number of hydrogen-bond donors (Lipinski definition) is 2. The number of carbonyl (C=O) groups is 1. The largest absolute Gasteiger partial charge is 0.394 e. The predicted molar refractivity (Wildman–Crippen MR) is 179 cm³/mol. The van der Waals surface area contributed by atoms with E-state index in [1.807, 2.05) is 13.8 Å². The van der Waals surface area contributed by atoms with E-state index in [1.165, 1.54) is 0 Å². The molecule has 2 aromatic rings. The normalized spacial score (nSPS) is 11.2. The molecule has 0 radical (unpaired) electrons. The van der Waals surface area contributed by atoms with E-state index in [9.17, 15) is 4.79 Å². The molecule has 0 spiro atoms. The van der Waals surface area contributed by atoms with Crippen LogP contribution in [0.4, 0.5) is 0 Å². The van der Waals surface area contributed by atoms with Crippen LogP contribution < -0.4 is 5.32 Å². The van der Waals surface area contributed by atoms with Crippen LogP contribution in [-0.4, -0.2) is 162 Å². The first-order valence-electron chi connectivity index (χ1n) is 16.9. The fourth-order valence-corrected chi connectivity index (χ4v) is 3.67. The second-order valence-corrected chi connectivity index (χ2v) is 10.7. The lowest BCUT2D eigenvalue weighted by atomic mass is 10.2. The van der Waals surface area contributed by atoms with E-state index >= 15 is 0 Å². The summed E-state index contributed by atoms with van der Waals surface area (Å²) in [5.41, 5.74) is 1.32. The maximum absolute atomic E-state index is 12.0. The summed E-state index contributed by atoms with van der Waals surface area (Å²) in [6.45, 7) is 12.3. The van der Waals surface area contributed by atoms with Crippen molar-refractivity contribution in [3.8, 4) is 11.8 Å². The van der Waals surface area contributed by atoms with E-state index < -0.39 is 0 Å². The fourth-order valence-electron chi connectivity index (χ4n) is 3.67. The zero-order valence-corrected chi connectivity index (χ0v) is 29.4. The van der Waals surface area contributed by atoms with Crippen molar-refractivity contribution >= 4 is 5.91 Å². The van der Waals surface area contributed by atoms with Crippen molar-refractivity contribution < 1.29 is 52.5 Å².